The molecule has 0 amide bonds. The fourth-order valence-corrected chi connectivity index (χ4v) is 2.52. The lowest BCUT2D eigenvalue weighted by Crippen LogP contribution is -2.00. The van der Waals surface area contributed by atoms with Gasteiger partial charge >= 0.3 is 5.97 Å². The number of carboxylic acid groups (broad SMARTS) is 1. The second-order valence-corrected chi connectivity index (χ2v) is 4.52. The summed E-state index contributed by atoms with van der Waals surface area (Å²) in [6.45, 7) is 0.830. The first-order chi connectivity index (χ1) is 9.20. The number of carbonyl (C=O) groups is 1. The number of aromatic carboxylic acids is 1. The highest BCUT2D eigenvalue weighted by molar-refractivity contribution is 5.88. The van der Waals surface area contributed by atoms with Gasteiger partial charge in [-0.05, 0) is 37.1 Å². The number of fused-ring (bicyclic) bond motifs is 1. The van der Waals surface area contributed by atoms with Crippen LogP contribution in [-0.2, 0) is 13.0 Å². The number of benzene rings is 1. The Labute approximate surface area is 110 Å². The zero-order valence-electron chi connectivity index (χ0n) is 10.6. The van der Waals surface area contributed by atoms with Gasteiger partial charge in [0, 0.05) is 12.1 Å². The Morgan fingerprint density at radius 1 is 1.37 bits per heavy atom. The molecule has 98 valence electrons. The van der Waals surface area contributed by atoms with Gasteiger partial charge in [0.15, 0.2) is 5.69 Å². The van der Waals surface area contributed by atoms with Gasteiger partial charge in [-0.25, -0.2) is 9.78 Å². The summed E-state index contributed by atoms with van der Waals surface area (Å²) in [6, 6.07) is 7.51. The third kappa shape index (κ3) is 1.87. The van der Waals surface area contributed by atoms with Crippen molar-refractivity contribution in [3.63, 3.8) is 0 Å². The molecule has 19 heavy (non-hydrogen) atoms. The number of hydrogen-bond acceptors (Lipinski definition) is 3. The Morgan fingerprint density at radius 3 is 2.74 bits per heavy atom. The molecule has 0 unspecified atom stereocenters. The van der Waals surface area contributed by atoms with Crippen LogP contribution in [0.2, 0.25) is 0 Å². The molecule has 2 aromatic rings. The number of rotatable bonds is 3. The fourth-order valence-electron chi connectivity index (χ4n) is 2.52. The van der Waals surface area contributed by atoms with Crippen LogP contribution in [0.4, 0.5) is 0 Å². The largest absolute Gasteiger partial charge is 0.497 e. The number of aromatic nitrogens is 2. The second kappa shape index (κ2) is 4.42. The Morgan fingerprint density at radius 2 is 2.11 bits per heavy atom. The normalized spacial score (nSPS) is 13.3. The second-order valence-electron chi connectivity index (χ2n) is 4.52. The van der Waals surface area contributed by atoms with Gasteiger partial charge in [0.05, 0.1) is 12.8 Å². The number of methoxy groups -OCH3 is 1. The summed E-state index contributed by atoms with van der Waals surface area (Å²) in [5, 5.41) is 9.20. The van der Waals surface area contributed by atoms with Crippen LogP contribution < -0.4 is 4.74 Å². The smallest absolute Gasteiger partial charge is 0.356 e. The van der Waals surface area contributed by atoms with Crippen molar-refractivity contribution in [3.8, 4) is 17.1 Å². The minimum absolute atomic E-state index is 0.184. The molecule has 1 aromatic heterocycles. The highest BCUT2D eigenvalue weighted by Crippen LogP contribution is 2.29. The van der Waals surface area contributed by atoms with Crippen LogP contribution in [0.25, 0.3) is 11.4 Å². The Hall–Kier alpha value is -2.30. The van der Waals surface area contributed by atoms with Crippen molar-refractivity contribution < 1.29 is 14.6 Å². The molecule has 0 aliphatic carbocycles. The van der Waals surface area contributed by atoms with E-state index in [9.17, 15) is 9.90 Å². The number of hydrogen-bond donors (Lipinski definition) is 1. The molecule has 0 fully saturated rings. The minimum atomic E-state index is -0.953. The van der Waals surface area contributed by atoms with E-state index in [1.807, 2.05) is 28.8 Å². The summed E-state index contributed by atoms with van der Waals surface area (Å²) in [6.07, 6.45) is 1.76. The van der Waals surface area contributed by atoms with E-state index >= 15 is 0 Å². The maximum absolute atomic E-state index is 11.2. The van der Waals surface area contributed by atoms with Gasteiger partial charge < -0.3 is 14.4 Å². The average molecular weight is 258 g/mol. The standard InChI is InChI=1S/C14H14N2O3/c1-19-10-6-4-9(5-7-10)13-15-12(14(17)18)11-3-2-8-16(11)13/h4-7H,2-3,8H2,1H3,(H,17,18). The minimum Gasteiger partial charge on any atom is -0.497 e. The summed E-state index contributed by atoms with van der Waals surface area (Å²) in [4.78, 5) is 15.5. The van der Waals surface area contributed by atoms with Crippen molar-refractivity contribution in [3.05, 3.63) is 35.7 Å². The molecule has 1 aliphatic rings. The predicted octanol–water partition coefficient (Wildman–Crippen LogP) is 2.20. The lowest BCUT2D eigenvalue weighted by Gasteiger charge is -2.05. The number of nitrogens with zero attached hydrogens (tertiary/aromatic N) is 2. The van der Waals surface area contributed by atoms with Gasteiger partial charge in [-0.2, -0.15) is 0 Å². The molecule has 3 rings (SSSR count). The first kappa shape index (κ1) is 11.8. The van der Waals surface area contributed by atoms with E-state index in [-0.39, 0.29) is 5.69 Å². The summed E-state index contributed by atoms with van der Waals surface area (Å²) in [5.74, 6) is 0.549. The third-order valence-corrected chi connectivity index (χ3v) is 3.42. The van der Waals surface area contributed by atoms with Gasteiger partial charge in [-0.1, -0.05) is 0 Å². The maximum atomic E-state index is 11.2. The first-order valence-corrected chi connectivity index (χ1v) is 6.18. The Bertz CT molecular complexity index is 629. The molecule has 1 N–H and O–H groups in total. The van der Waals surface area contributed by atoms with Crippen molar-refractivity contribution in [1.82, 2.24) is 9.55 Å². The molecule has 2 heterocycles. The molecule has 1 aromatic carbocycles. The monoisotopic (exact) mass is 258 g/mol. The van der Waals surface area contributed by atoms with E-state index in [1.54, 1.807) is 7.11 Å². The number of ether oxygens (including phenoxy) is 1. The number of imidazole rings is 1. The fraction of sp³-hybridized carbons (Fsp3) is 0.286. The van der Waals surface area contributed by atoms with Crippen LogP contribution in [0.1, 0.15) is 22.6 Å². The molecule has 5 nitrogen and oxygen atoms in total. The topological polar surface area (TPSA) is 64.3 Å². The van der Waals surface area contributed by atoms with Crippen LogP contribution in [0, 0.1) is 0 Å². The van der Waals surface area contributed by atoms with Crippen LogP contribution in [-0.4, -0.2) is 27.7 Å². The third-order valence-electron chi connectivity index (χ3n) is 3.42. The van der Waals surface area contributed by atoms with Gasteiger partial charge in [0.2, 0.25) is 0 Å². The van der Waals surface area contributed by atoms with Gasteiger partial charge in [-0.3, -0.25) is 0 Å². The quantitative estimate of drug-likeness (QED) is 0.916. The Kier molecular flexibility index (Phi) is 2.74. The molecule has 0 atom stereocenters. The van der Waals surface area contributed by atoms with E-state index in [0.29, 0.717) is 0 Å². The van der Waals surface area contributed by atoms with E-state index in [2.05, 4.69) is 4.98 Å². The lowest BCUT2D eigenvalue weighted by molar-refractivity contribution is 0.0690. The van der Waals surface area contributed by atoms with Crippen molar-refractivity contribution >= 4 is 5.97 Å². The summed E-state index contributed by atoms with van der Waals surface area (Å²) in [5.41, 5.74) is 1.93. The molecule has 0 saturated heterocycles. The van der Waals surface area contributed by atoms with Crippen LogP contribution >= 0.6 is 0 Å². The predicted molar refractivity (Wildman–Crippen MR) is 69.5 cm³/mol. The molecule has 0 radical (unpaired) electrons. The van der Waals surface area contributed by atoms with Crippen LogP contribution in [0.5, 0.6) is 5.75 Å². The van der Waals surface area contributed by atoms with Gasteiger partial charge in [0.1, 0.15) is 11.6 Å². The molecular weight excluding hydrogens is 244 g/mol. The highest BCUT2D eigenvalue weighted by atomic mass is 16.5. The van der Waals surface area contributed by atoms with Gasteiger partial charge in [0.25, 0.3) is 0 Å². The van der Waals surface area contributed by atoms with Gasteiger partial charge in [-0.15, -0.1) is 0 Å². The lowest BCUT2D eigenvalue weighted by atomic mass is 10.2. The molecule has 0 saturated carbocycles. The summed E-state index contributed by atoms with van der Waals surface area (Å²) in [7, 11) is 1.62. The zero-order chi connectivity index (χ0) is 13.4. The summed E-state index contributed by atoms with van der Waals surface area (Å²) < 4.78 is 7.13. The molecule has 0 spiro atoms. The molecule has 0 bridgehead atoms. The van der Waals surface area contributed by atoms with Crippen molar-refractivity contribution in [1.29, 1.82) is 0 Å². The van der Waals surface area contributed by atoms with Crippen LogP contribution in [0.15, 0.2) is 24.3 Å². The van der Waals surface area contributed by atoms with E-state index < -0.39 is 5.97 Å². The van der Waals surface area contributed by atoms with Crippen molar-refractivity contribution in [2.45, 2.75) is 19.4 Å². The van der Waals surface area contributed by atoms with Crippen LogP contribution in [0.3, 0.4) is 0 Å². The molecule has 5 heteroatoms. The van der Waals surface area contributed by atoms with Crippen molar-refractivity contribution in [2.75, 3.05) is 7.11 Å². The average Bonchev–Trinajstić information content (AvgIpc) is 3.00. The summed E-state index contributed by atoms with van der Waals surface area (Å²) >= 11 is 0. The zero-order valence-corrected chi connectivity index (χ0v) is 10.6. The highest BCUT2D eigenvalue weighted by Gasteiger charge is 2.25. The Balaban J connectivity index is 2.09. The molecule has 1 aliphatic heterocycles. The van der Waals surface area contributed by atoms with Crippen molar-refractivity contribution in [2.24, 2.45) is 0 Å². The molecular formula is C14H14N2O3. The van der Waals surface area contributed by atoms with E-state index in [4.69, 9.17) is 4.74 Å². The number of carboxylic acids is 1. The SMILES string of the molecule is COc1ccc(-c2nc(C(=O)O)c3n2CCC3)cc1. The first-order valence-electron chi connectivity index (χ1n) is 6.18. The van der Waals surface area contributed by atoms with E-state index in [0.717, 1.165) is 42.2 Å². The van der Waals surface area contributed by atoms with E-state index in [1.165, 1.54) is 0 Å². The maximum Gasteiger partial charge on any atom is 0.356 e.